The van der Waals surface area contributed by atoms with E-state index in [4.69, 9.17) is 16.3 Å². The van der Waals surface area contributed by atoms with Crippen LogP contribution in [0.3, 0.4) is 0 Å². The lowest BCUT2D eigenvalue weighted by molar-refractivity contribution is 0.225. The number of nitrogens with one attached hydrogen (secondary N) is 1. The average Bonchev–Trinajstić information content (AvgIpc) is 2.48. The molecule has 112 valence electrons. The fourth-order valence-electron chi connectivity index (χ4n) is 2.72. The first kappa shape index (κ1) is 15.6. The predicted molar refractivity (Wildman–Crippen MR) is 84.6 cm³/mol. The maximum Gasteiger partial charge on any atom is 0.123 e. The fraction of sp³-hybridized carbons (Fsp3) is 0.625. The molecule has 20 heavy (non-hydrogen) atoms. The topological polar surface area (TPSA) is 24.5 Å². The number of rotatable bonds is 7. The Morgan fingerprint density at radius 1 is 1.25 bits per heavy atom. The highest BCUT2D eigenvalue weighted by atomic mass is 35.5. The van der Waals surface area contributed by atoms with Gasteiger partial charge in [0.15, 0.2) is 0 Å². The molecule has 3 nitrogen and oxygen atoms in total. The van der Waals surface area contributed by atoms with Gasteiger partial charge in [0.05, 0.1) is 7.11 Å². The maximum atomic E-state index is 6.03. The third-order valence-electron chi connectivity index (χ3n) is 3.83. The van der Waals surface area contributed by atoms with E-state index in [0.717, 1.165) is 29.4 Å². The molecule has 1 aromatic carbocycles. The third kappa shape index (κ3) is 4.97. The van der Waals surface area contributed by atoms with Crippen molar-refractivity contribution >= 4 is 11.6 Å². The summed E-state index contributed by atoms with van der Waals surface area (Å²) in [7, 11) is 1.70. The maximum absolute atomic E-state index is 6.03. The van der Waals surface area contributed by atoms with Gasteiger partial charge < -0.3 is 15.0 Å². The minimum atomic E-state index is 0.760. The van der Waals surface area contributed by atoms with E-state index < -0.39 is 0 Å². The predicted octanol–water partition coefficient (Wildman–Crippen LogP) is 3.31. The number of benzene rings is 1. The van der Waals surface area contributed by atoms with Gasteiger partial charge in [-0.15, -0.1) is 0 Å². The molecule has 1 N–H and O–H groups in total. The number of halogens is 1. The van der Waals surface area contributed by atoms with Crippen LogP contribution in [0.25, 0.3) is 0 Å². The van der Waals surface area contributed by atoms with Crippen molar-refractivity contribution in [2.75, 3.05) is 33.3 Å². The minimum Gasteiger partial charge on any atom is -0.496 e. The number of methoxy groups -OCH3 is 1. The largest absolute Gasteiger partial charge is 0.496 e. The van der Waals surface area contributed by atoms with E-state index in [-0.39, 0.29) is 0 Å². The molecular weight excluding hydrogens is 272 g/mol. The lowest BCUT2D eigenvalue weighted by atomic mass is 10.1. The van der Waals surface area contributed by atoms with Gasteiger partial charge in [0, 0.05) is 17.1 Å². The first-order valence-electron chi connectivity index (χ1n) is 7.55. The number of hydrogen-bond acceptors (Lipinski definition) is 3. The quantitative estimate of drug-likeness (QED) is 0.781. The lowest BCUT2D eigenvalue weighted by Gasteiger charge is -2.26. The molecule has 1 aliphatic heterocycles. The highest BCUT2D eigenvalue weighted by Crippen LogP contribution is 2.22. The third-order valence-corrected chi connectivity index (χ3v) is 4.07. The Morgan fingerprint density at radius 3 is 2.80 bits per heavy atom. The zero-order valence-electron chi connectivity index (χ0n) is 12.3. The number of ether oxygens (including phenoxy) is 1. The molecule has 0 unspecified atom stereocenters. The first-order chi connectivity index (χ1) is 9.79. The molecule has 1 fully saturated rings. The van der Waals surface area contributed by atoms with Gasteiger partial charge >= 0.3 is 0 Å². The van der Waals surface area contributed by atoms with Crippen LogP contribution in [0, 0.1) is 0 Å². The van der Waals surface area contributed by atoms with E-state index in [0.29, 0.717) is 0 Å². The molecule has 0 amide bonds. The van der Waals surface area contributed by atoms with E-state index in [1.165, 1.54) is 45.3 Å². The van der Waals surface area contributed by atoms with Crippen molar-refractivity contribution in [3.05, 3.63) is 28.8 Å². The van der Waals surface area contributed by atoms with E-state index >= 15 is 0 Å². The Balaban J connectivity index is 1.66. The number of hydrogen-bond donors (Lipinski definition) is 1. The van der Waals surface area contributed by atoms with E-state index in [2.05, 4.69) is 10.2 Å². The summed E-state index contributed by atoms with van der Waals surface area (Å²) >= 11 is 6.03. The Labute approximate surface area is 127 Å². The normalized spacial score (nSPS) is 16.3. The van der Waals surface area contributed by atoms with Gasteiger partial charge in [-0.05, 0) is 63.6 Å². The van der Waals surface area contributed by atoms with Crippen LogP contribution in [-0.4, -0.2) is 38.2 Å². The molecule has 0 saturated carbocycles. The molecule has 1 saturated heterocycles. The van der Waals surface area contributed by atoms with Gasteiger partial charge in [-0.1, -0.05) is 18.0 Å². The van der Waals surface area contributed by atoms with Crippen molar-refractivity contribution < 1.29 is 4.74 Å². The fourth-order valence-corrected chi connectivity index (χ4v) is 2.91. The second-order valence-electron chi connectivity index (χ2n) is 5.39. The zero-order valence-corrected chi connectivity index (χ0v) is 13.1. The smallest absolute Gasteiger partial charge is 0.123 e. The van der Waals surface area contributed by atoms with Gasteiger partial charge in [0.2, 0.25) is 0 Å². The molecule has 0 spiro atoms. The summed E-state index contributed by atoms with van der Waals surface area (Å²) in [5, 5.41) is 4.24. The van der Waals surface area contributed by atoms with Crippen molar-refractivity contribution in [2.45, 2.75) is 32.2 Å². The monoisotopic (exact) mass is 296 g/mol. The molecule has 2 rings (SSSR count). The Hall–Kier alpha value is -0.770. The van der Waals surface area contributed by atoms with E-state index in [1.54, 1.807) is 7.11 Å². The van der Waals surface area contributed by atoms with Crippen molar-refractivity contribution in [2.24, 2.45) is 0 Å². The minimum absolute atomic E-state index is 0.760. The second kappa shape index (κ2) is 8.50. The van der Waals surface area contributed by atoms with Crippen LogP contribution in [0.2, 0.25) is 5.02 Å². The summed E-state index contributed by atoms with van der Waals surface area (Å²) in [5.74, 6) is 0.901. The van der Waals surface area contributed by atoms with Crippen LogP contribution in [0.15, 0.2) is 18.2 Å². The molecular formula is C16H25ClN2O. The molecule has 0 aromatic heterocycles. The van der Waals surface area contributed by atoms with Crippen LogP contribution >= 0.6 is 11.6 Å². The van der Waals surface area contributed by atoms with Crippen LogP contribution in [0.5, 0.6) is 5.75 Å². The second-order valence-corrected chi connectivity index (χ2v) is 5.83. The first-order valence-corrected chi connectivity index (χ1v) is 7.93. The highest BCUT2D eigenvalue weighted by Gasteiger charge is 2.09. The molecule has 0 radical (unpaired) electrons. The van der Waals surface area contributed by atoms with Crippen molar-refractivity contribution in [3.8, 4) is 5.75 Å². The molecule has 1 aromatic rings. The SMILES string of the molecule is COc1ccc(Cl)cc1CNCCCN1CCCCC1. The van der Waals surface area contributed by atoms with Gasteiger partial charge in [-0.25, -0.2) is 0 Å². The number of likely N-dealkylation sites (tertiary alicyclic amines) is 1. The summed E-state index contributed by atoms with van der Waals surface area (Å²) in [4.78, 5) is 2.57. The van der Waals surface area contributed by atoms with Crippen LogP contribution < -0.4 is 10.1 Å². The zero-order chi connectivity index (χ0) is 14.2. The lowest BCUT2D eigenvalue weighted by Crippen LogP contribution is -2.32. The highest BCUT2D eigenvalue weighted by molar-refractivity contribution is 6.30. The number of nitrogens with zero attached hydrogens (tertiary/aromatic N) is 1. The van der Waals surface area contributed by atoms with Gasteiger partial charge in [-0.2, -0.15) is 0 Å². The van der Waals surface area contributed by atoms with Crippen LogP contribution in [0.4, 0.5) is 0 Å². The molecule has 0 atom stereocenters. The summed E-state index contributed by atoms with van der Waals surface area (Å²) in [6, 6.07) is 5.76. The Morgan fingerprint density at radius 2 is 2.05 bits per heavy atom. The summed E-state index contributed by atoms with van der Waals surface area (Å²) in [5.41, 5.74) is 1.12. The molecule has 0 bridgehead atoms. The molecule has 0 aliphatic carbocycles. The van der Waals surface area contributed by atoms with Gasteiger partial charge in [0.25, 0.3) is 0 Å². The van der Waals surface area contributed by atoms with Gasteiger partial charge in [0.1, 0.15) is 5.75 Å². The Bertz CT molecular complexity index is 405. The standard InChI is InChI=1S/C16H25ClN2O/c1-20-16-7-6-15(17)12-14(16)13-18-8-5-11-19-9-3-2-4-10-19/h6-7,12,18H,2-5,8-11,13H2,1H3. The molecule has 4 heteroatoms. The Kier molecular flexibility index (Phi) is 6.64. The summed E-state index contributed by atoms with van der Waals surface area (Å²) in [6.45, 7) is 5.61. The van der Waals surface area contributed by atoms with Gasteiger partial charge in [-0.3, -0.25) is 0 Å². The molecule has 1 aliphatic rings. The summed E-state index contributed by atoms with van der Waals surface area (Å²) < 4.78 is 5.35. The van der Waals surface area contributed by atoms with E-state index in [9.17, 15) is 0 Å². The van der Waals surface area contributed by atoms with Crippen LogP contribution in [0.1, 0.15) is 31.2 Å². The van der Waals surface area contributed by atoms with Crippen molar-refractivity contribution in [1.82, 2.24) is 10.2 Å². The number of piperidine rings is 1. The summed E-state index contributed by atoms with van der Waals surface area (Å²) in [6.07, 6.45) is 5.34. The average molecular weight is 297 g/mol. The van der Waals surface area contributed by atoms with Crippen LogP contribution in [-0.2, 0) is 6.54 Å². The van der Waals surface area contributed by atoms with E-state index in [1.807, 2.05) is 18.2 Å². The van der Waals surface area contributed by atoms with Crippen molar-refractivity contribution in [1.29, 1.82) is 0 Å². The molecule has 1 heterocycles. The van der Waals surface area contributed by atoms with Crippen molar-refractivity contribution in [3.63, 3.8) is 0 Å².